The van der Waals surface area contributed by atoms with Gasteiger partial charge in [0.1, 0.15) is 18.8 Å². The molecule has 0 saturated heterocycles. The molecule has 212 valence electrons. The Labute approximate surface area is 234 Å². The van der Waals surface area contributed by atoms with Crippen molar-refractivity contribution in [3.8, 4) is 0 Å². The number of carbonyl (C=O) groups excluding carboxylic acids is 2. The van der Waals surface area contributed by atoms with E-state index in [1.807, 2.05) is 67.6 Å². The second-order valence-corrected chi connectivity index (χ2v) is 10.2. The van der Waals surface area contributed by atoms with Gasteiger partial charge in [0.15, 0.2) is 12.2 Å². The molecule has 1 unspecified atom stereocenters. The number of esters is 2. The molecule has 3 rings (SSSR count). The van der Waals surface area contributed by atoms with Gasteiger partial charge in [0.05, 0.1) is 6.10 Å². The molecule has 0 heterocycles. The third-order valence-electron chi connectivity index (χ3n) is 5.82. The van der Waals surface area contributed by atoms with E-state index in [0.29, 0.717) is 12.0 Å². The van der Waals surface area contributed by atoms with Crippen LogP contribution in [0.15, 0.2) is 84.9 Å². The van der Waals surface area contributed by atoms with Crippen LogP contribution in [0, 0.1) is 0 Å². The van der Waals surface area contributed by atoms with E-state index in [2.05, 4.69) is 0 Å². The molecule has 0 bridgehead atoms. The van der Waals surface area contributed by atoms with Crippen molar-refractivity contribution in [2.24, 2.45) is 0 Å². The summed E-state index contributed by atoms with van der Waals surface area (Å²) in [4.78, 5) is 38.1. The molecule has 0 aliphatic rings. The number of carboxylic acid groups (broad SMARTS) is 1. The first-order valence-electron chi connectivity index (χ1n) is 13.1. The minimum absolute atomic E-state index is 0.106. The summed E-state index contributed by atoms with van der Waals surface area (Å²) >= 11 is 0. The molecule has 0 fully saturated rings. The quantitative estimate of drug-likeness (QED) is 0.211. The molecule has 3 aromatic carbocycles. The van der Waals surface area contributed by atoms with Crippen molar-refractivity contribution in [1.82, 2.24) is 0 Å². The fourth-order valence-corrected chi connectivity index (χ4v) is 3.99. The first-order chi connectivity index (χ1) is 19.1. The fourth-order valence-electron chi connectivity index (χ4n) is 3.99. The molecule has 0 aliphatic carbocycles. The summed E-state index contributed by atoms with van der Waals surface area (Å²) < 4.78 is 22.3. The molecular weight excluding hydrogens is 512 g/mol. The van der Waals surface area contributed by atoms with Gasteiger partial charge in [-0.3, -0.25) is 0 Å². The first kappa shape index (κ1) is 30.5. The minimum Gasteiger partial charge on any atom is -0.479 e. The standard InChI is InChI=1S/C32H36O8/c1-5-6-16-26(25-18-17-23-14-10-11-15-24(23)19-25)39-28(30(34)35)29(37-21-27(33)40-32(2,3)4)31(36)38-20-22-12-8-7-9-13-22/h5-15,17-19,26,28-29H,16,20-21H2,1-4H3,(H,34,35)/t26?,28-,29-/m1/s1. The maximum atomic E-state index is 13.2. The van der Waals surface area contributed by atoms with E-state index in [9.17, 15) is 19.5 Å². The number of hydrogen-bond donors (Lipinski definition) is 1. The van der Waals surface area contributed by atoms with Crippen molar-refractivity contribution in [1.29, 1.82) is 0 Å². The number of ether oxygens (including phenoxy) is 4. The molecule has 0 aliphatic heterocycles. The van der Waals surface area contributed by atoms with Crippen molar-refractivity contribution in [2.75, 3.05) is 6.61 Å². The van der Waals surface area contributed by atoms with Crippen LogP contribution in [0.5, 0.6) is 0 Å². The van der Waals surface area contributed by atoms with Gasteiger partial charge in [-0.2, -0.15) is 0 Å². The average molecular weight is 549 g/mol. The van der Waals surface area contributed by atoms with Crippen LogP contribution in [-0.2, 0) is 39.9 Å². The highest BCUT2D eigenvalue weighted by Gasteiger charge is 2.40. The molecule has 3 aromatic rings. The van der Waals surface area contributed by atoms with E-state index in [4.69, 9.17) is 18.9 Å². The van der Waals surface area contributed by atoms with Crippen molar-refractivity contribution in [2.45, 2.75) is 64.6 Å². The molecule has 8 heteroatoms. The third-order valence-corrected chi connectivity index (χ3v) is 5.82. The molecule has 0 aromatic heterocycles. The van der Waals surface area contributed by atoms with Gasteiger partial charge < -0.3 is 24.1 Å². The van der Waals surface area contributed by atoms with Crippen LogP contribution in [0.3, 0.4) is 0 Å². The Hall–Kier alpha value is -4.01. The van der Waals surface area contributed by atoms with Crippen molar-refractivity contribution in [3.05, 3.63) is 96.1 Å². The molecule has 40 heavy (non-hydrogen) atoms. The van der Waals surface area contributed by atoms with Crippen LogP contribution < -0.4 is 0 Å². The highest BCUT2D eigenvalue weighted by atomic mass is 16.6. The molecule has 0 amide bonds. The lowest BCUT2D eigenvalue weighted by molar-refractivity contribution is -0.191. The van der Waals surface area contributed by atoms with Crippen molar-refractivity contribution in [3.63, 3.8) is 0 Å². The zero-order valence-corrected chi connectivity index (χ0v) is 23.2. The van der Waals surface area contributed by atoms with Gasteiger partial charge in [-0.05, 0) is 62.1 Å². The summed E-state index contributed by atoms with van der Waals surface area (Å²) in [6.07, 6.45) is -0.205. The SMILES string of the molecule is CC=CCC(O[C@@H](C(=O)O)[C@@H](OCC(=O)OC(C)(C)C)C(=O)OCc1ccccc1)c1ccc2ccccc2c1. The van der Waals surface area contributed by atoms with Crippen LogP contribution in [0.2, 0.25) is 0 Å². The Morgan fingerprint density at radius 3 is 2.23 bits per heavy atom. The third kappa shape index (κ3) is 9.32. The first-order valence-corrected chi connectivity index (χ1v) is 13.1. The van der Waals surface area contributed by atoms with Crippen LogP contribution in [0.4, 0.5) is 0 Å². The Bertz CT molecular complexity index is 1310. The van der Waals surface area contributed by atoms with Crippen LogP contribution in [-0.4, -0.2) is 47.4 Å². The summed E-state index contributed by atoms with van der Waals surface area (Å²) in [5, 5.41) is 12.2. The predicted molar refractivity (Wildman–Crippen MR) is 150 cm³/mol. The Balaban J connectivity index is 1.89. The zero-order chi connectivity index (χ0) is 29.1. The van der Waals surface area contributed by atoms with Gasteiger partial charge in [0.2, 0.25) is 0 Å². The summed E-state index contributed by atoms with van der Waals surface area (Å²) in [5.41, 5.74) is 0.642. The van der Waals surface area contributed by atoms with Crippen LogP contribution in [0.1, 0.15) is 51.3 Å². The molecular formula is C32H36O8. The van der Waals surface area contributed by atoms with E-state index in [1.54, 1.807) is 45.0 Å². The lowest BCUT2D eigenvalue weighted by Crippen LogP contribution is -2.46. The largest absolute Gasteiger partial charge is 0.479 e. The fraction of sp³-hybridized carbons (Fsp3) is 0.344. The summed E-state index contributed by atoms with van der Waals surface area (Å²) in [5.74, 6) is -3.15. The van der Waals surface area contributed by atoms with E-state index >= 15 is 0 Å². The topological polar surface area (TPSA) is 108 Å². The maximum Gasteiger partial charge on any atom is 0.339 e. The van der Waals surface area contributed by atoms with Gasteiger partial charge >= 0.3 is 17.9 Å². The highest BCUT2D eigenvalue weighted by molar-refractivity contribution is 5.85. The summed E-state index contributed by atoms with van der Waals surface area (Å²) in [6.45, 7) is 6.15. The normalized spacial score (nSPS) is 14.0. The average Bonchev–Trinajstić information content (AvgIpc) is 2.92. The van der Waals surface area contributed by atoms with Gasteiger partial charge in [0.25, 0.3) is 0 Å². The Morgan fingerprint density at radius 2 is 1.57 bits per heavy atom. The highest BCUT2D eigenvalue weighted by Crippen LogP contribution is 2.29. The molecule has 0 spiro atoms. The Morgan fingerprint density at radius 1 is 0.900 bits per heavy atom. The van der Waals surface area contributed by atoms with E-state index in [1.165, 1.54) is 0 Å². The van der Waals surface area contributed by atoms with Crippen molar-refractivity contribution < 1.29 is 38.4 Å². The molecule has 0 radical (unpaired) electrons. The number of hydrogen-bond acceptors (Lipinski definition) is 7. The van der Waals surface area contributed by atoms with Gasteiger partial charge in [0, 0.05) is 0 Å². The molecule has 1 N–H and O–H groups in total. The Kier molecular flexibility index (Phi) is 11.0. The second-order valence-electron chi connectivity index (χ2n) is 10.2. The van der Waals surface area contributed by atoms with E-state index < -0.39 is 48.4 Å². The number of rotatable bonds is 13. The number of allylic oxidation sites excluding steroid dienone is 1. The van der Waals surface area contributed by atoms with Gasteiger partial charge in [-0.1, -0.05) is 78.9 Å². The predicted octanol–water partition coefficient (Wildman–Crippen LogP) is 5.79. The van der Waals surface area contributed by atoms with E-state index in [0.717, 1.165) is 16.3 Å². The number of carboxylic acids is 1. The van der Waals surface area contributed by atoms with Crippen LogP contribution >= 0.6 is 0 Å². The lowest BCUT2D eigenvalue weighted by atomic mass is 10.0. The second kappa shape index (κ2) is 14.4. The number of aliphatic carboxylic acids is 1. The van der Waals surface area contributed by atoms with Crippen molar-refractivity contribution >= 4 is 28.7 Å². The van der Waals surface area contributed by atoms with Gasteiger partial charge in [-0.25, -0.2) is 14.4 Å². The summed E-state index contributed by atoms with van der Waals surface area (Å²) in [7, 11) is 0. The molecule has 0 saturated carbocycles. The maximum absolute atomic E-state index is 13.2. The van der Waals surface area contributed by atoms with Crippen LogP contribution in [0.25, 0.3) is 10.8 Å². The molecule has 8 nitrogen and oxygen atoms in total. The molecule has 3 atom stereocenters. The summed E-state index contributed by atoms with van der Waals surface area (Å²) in [6, 6.07) is 22.4. The monoisotopic (exact) mass is 548 g/mol. The smallest absolute Gasteiger partial charge is 0.339 e. The number of fused-ring (bicyclic) bond motifs is 1. The lowest BCUT2D eigenvalue weighted by Gasteiger charge is -2.28. The number of benzene rings is 3. The van der Waals surface area contributed by atoms with Gasteiger partial charge in [-0.15, -0.1) is 0 Å². The number of carbonyl (C=O) groups is 3. The zero-order valence-electron chi connectivity index (χ0n) is 23.2. The van der Waals surface area contributed by atoms with E-state index in [-0.39, 0.29) is 6.61 Å². The minimum atomic E-state index is -1.77.